The summed E-state index contributed by atoms with van der Waals surface area (Å²) < 4.78 is 25.9. The van der Waals surface area contributed by atoms with E-state index in [1.165, 1.54) is 6.07 Å². The zero-order valence-corrected chi connectivity index (χ0v) is 14.2. The third-order valence-electron chi connectivity index (χ3n) is 3.46. The number of benzene rings is 1. The first kappa shape index (κ1) is 18.6. The van der Waals surface area contributed by atoms with Gasteiger partial charge in [0.25, 0.3) is 5.91 Å². The van der Waals surface area contributed by atoms with Crippen LogP contribution in [0.4, 0.5) is 0 Å². The van der Waals surface area contributed by atoms with Crippen molar-refractivity contribution in [2.75, 3.05) is 5.75 Å². The quantitative estimate of drug-likeness (QED) is 0.693. The molecule has 0 radical (unpaired) electrons. The molecule has 0 spiro atoms. The molecule has 1 amide bonds. The molecule has 0 bridgehead atoms. The van der Waals surface area contributed by atoms with E-state index < -0.39 is 21.9 Å². The standard InChI is InChI=1S/C17H18N2O5S/c20-16(14-9-10-15(17(21)22)18-12-14)19-25(23,24)11-5-4-8-13-6-2-1-3-7-13/h1-3,6-7,9-10,12H,4-5,8,11H2,(H,19,20)(H,21,22). The number of nitrogens with zero attached hydrogens (tertiary/aromatic N) is 1. The molecule has 0 fully saturated rings. The molecule has 2 N–H and O–H groups in total. The molecule has 1 aromatic carbocycles. The summed E-state index contributed by atoms with van der Waals surface area (Å²) in [5.41, 5.74) is 0.895. The summed E-state index contributed by atoms with van der Waals surface area (Å²) >= 11 is 0. The molecule has 1 aromatic heterocycles. The minimum absolute atomic E-state index is 0.0159. The molecule has 7 nitrogen and oxygen atoms in total. The molecular weight excluding hydrogens is 344 g/mol. The highest BCUT2D eigenvalue weighted by atomic mass is 32.2. The van der Waals surface area contributed by atoms with E-state index in [0.717, 1.165) is 24.2 Å². The highest BCUT2D eigenvalue weighted by Gasteiger charge is 2.16. The van der Waals surface area contributed by atoms with Gasteiger partial charge in [0.15, 0.2) is 0 Å². The number of carboxylic acids is 1. The molecule has 1 heterocycles. The van der Waals surface area contributed by atoms with Crippen LogP contribution in [0, 0.1) is 0 Å². The minimum atomic E-state index is -3.75. The summed E-state index contributed by atoms with van der Waals surface area (Å²) in [5.74, 6) is -2.21. The molecule has 8 heteroatoms. The van der Waals surface area contributed by atoms with E-state index >= 15 is 0 Å². The van der Waals surface area contributed by atoms with Gasteiger partial charge in [-0.05, 0) is 37.0 Å². The lowest BCUT2D eigenvalue weighted by molar-refractivity contribution is 0.0689. The fraction of sp³-hybridized carbons (Fsp3) is 0.235. The molecule has 0 aliphatic rings. The van der Waals surface area contributed by atoms with Gasteiger partial charge >= 0.3 is 5.97 Å². The van der Waals surface area contributed by atoms with Crippen LogP contribution in [0.2, 0.25) is 0 Å². The first-order chi connectivity index (χ1) is 11.9. The molecule has 0 aliphatic heterocycles. The Morgan fingerprint density at radius 1 is 1.04 bits per heavy atom. The number of nitrogens with one attached hydrogen (secondary N) is 1. The Morgan fingerprint density at radius 3 is 2.36 bits per heavy atom. The van der Waals surface area contributed by atoms with Crippen molar-refractivity contribution in [2.45, 2.75) is 19.3 Å². The number of aromatic nitrogens is 1. The summed E-state index contributed by atoms with van der Waals surface area (Å²) in [6.07, 6.45) is 2.91. The van der Waals surface area contributed by atoms with E-state index in [-0.39, 0.29) is 17.0 Å². The van der Waals surface area contributed by atoms with Gasteiger partial charge in [-0.25, -0.2) is 22.9 Å². The number of rotatable bonds is 8. The van der Waals surface area contributed by atoms with E-state index in [1.54, 1.807) is 0 Å². The van der Waals surface area contributed by atoms with Gasteiger partial charge in [-0.1, -0.05) is 30.3 Å². The minimum Gasteiger partial charge on any atom is -0.477 e. The molecule has 0 aliphatic carbocycles. The van der Waals surface area contributed by atoms with Crippen molar-refractivity contribution in [2.24, 2.45) is 0 Å². The highest BCUT2D eigenvalue weighted by Crippen LogP contribution is 2.06. The monoisotopic (exact) mass is 362 g/mol. The van der Waals surface area contributed by atoms with Crippen molar-refractivity contribution in [3.05, 3.63) is 65.5 Å². The number of pyridine rings is 1. The number of carboxylic acid groups (broad SMARTS) is 1. The second-order valence-corrected chi connectivity index (χ2v) is 7.27. The molecule has 0 atom stereocenters. The average Bonchev–Trinajstić information content (AvgIpc) is 2.59. The number of amides is 1. The van der Waals surface area contributed by atoms with Crippen molar-refractivity contribution in [3.63, 3.8) is 0 Å². The molecule has 0 unspecified atom stereocenters. The van der Waals surface area contributed by atoms with Gasteiger partial charge in [0.05, 0.1) is 11.3 Å². The number of aromatic carboxylic acids is 1. The van der Waals surface area contributed by atoms with Crippen LogP contribution in [0.5, 0.6) is 0 Å². The number of carbonyl (C=O) groups excluding carboxylic acids is 1. The Bertz CT molecular complexity index is 833. The maximum atomic E-state index is 12.0. The fourth-order valence-electron chi connectivity index (χ4n) is 2.17. The molecule has 25 heavy (non-hydrogen) atoms. The third kappa shape index (κ3) is 6.00. The van der Waals surface area contributed by atoms with Crippen molar-refractivity contribution >= 4 is 21.9 Å². The molecular formula is C17H18N2O5S. The Labute approximate surface area is 145 Å². The molecule has 132 valence electrons. The average molecular weight is 362 g/mol. The smallest absolute Gasteiger partial charge is 0.354 e. The number of carbonyl (C=O) groups is 2. The van der Waals surface area contributed by atoms with Crippen LogP contribution in [0.1, 0.15) is 39.3 Å². The van der Waals surface area contributed by atoms with Gasteiger partial charge in [0.2, 0.25) is 10.0 Å². The van der Waals surface area contributed by atoms with E-state index in [9.17, 15) is 18.0 Å². The number of hydrogen-bond donors (Lipinski definition) is 2. The van der Waals surface area contributed by atoms with Crippen LogP contribution in [-0.4, -0.2) is 36.1 Å². The SMILES string of the molecule is O=C(NS(=O)(=O)CCCCc1ccccc1)c1ccc(C(=O)O)nc1. The summed E-state index contributed by atoms with van der Waals surface area (Å²) in [6.45, 7) is 0. The van der Waals surface area contributed by atoms with Gasteiger partial charge in [0.1, 0.15) is 5.69 Å². The zero-order valence-electron chi connectivity index (χ0n) is 13.4. The second-order valence-electron chi connectivity index (χ2n) is 5.43. The molecule has 2 aromatic rings. The Balaban J connectivity index is 1.83. The van der Waals surface area contributed by atoms with Crippen molar-refractivity contribution in [1.29, 1.82) is 0 Å². The topological polar surface area (TPSA) is 113 Å². The molecule has 0 saturated carbocycles. The summed E-state index contributed by atoms with van der Waals surface area (Å²) in [6, 6.07) is 12.1. The van der Waals surface area contributed by atoms with Crippen LogP contribution in [0.15, 0.2) is 48.7 Å². The predicted octanol–water partition coefficient (Wildman–Crippen LogP) is 1.86. The van der Waals surface area contributed by atoms with E-state index in [1.807, 2.05) is 35.1 Å². The maximum absolute atomic E-state index is 12.0. The molecule has 0 saturated heterocycles. The van der Waals surface area contributed by atoms with Crippen LogP contribution < -0.4 is 4.72 Å². The first-order valence-corrected chi connectivity index (χ1v) is 9.31. The van der Waals surface area contributed by atoms with Gasteiger partial charge in [-0.3, -0.25) is 4.79 Å². The third-order valence-corrected chi connectivity index (χ3v) is 4.79. The van der Waals surface area contributed by atoms with Crippen molar-refractivity contribution < 1.29 is 23.1 Å². The number of hydrogen-bond acceptors (Lipinski definition) is 5. The van der Waals surface area contributed by atoms with Gasteiger partial charge in [0, 0.05) is 6.20 Å². The second kappa shape index (κ2) is 8.39. The van der Waals surface area contributed by atoms with Gasteiger partial charge in [-0.2, -0.15) is 0 Å². The Morgan fingerprint density at radius 2 is 1.76 bits per heavy atom. The number of unbranched alkanes of at least 4 members (excludes halogenated alkanes) is 1. The first-order valence-electron chi connectivity index (χ1n) is 7.65. The largest absolute Gasteiger partial charge is 0.477 e. The van der Waals surface area contributed by atoms with Gasteiger partial charge < -0.3 is 5.11 Å². The summed E-state index contributed by atoms with van der Waals surface area (Å²) in [4.78, 5) is 26.2. The lowest BCUT2D eigenvalue weighted by atomic mass is 10.1. The van der Waals surface area contributed by atoms with Crippen LogP contribution in [0.25, 0.3) is 0 Å². The highest BCUT2D eigenvalue weighted by molar-refractivity contribution is 7.90. The normalized spacial score (nSPS) is 11.0. The number of sulfonamides is 1. The van der Waals surface area contributed by atoms with Crippen LogP contribution in [0.3, 0.4) is 0 Å². The fourth-order valence-corrected chi connectivity index (χ4v) is 3.26. The van der Waals surface area contributed by atoms with Gasteiger partial charge in [-0.15, -0.1) is 0 Å². The van der Waals surface area contributed by atoms with Crippen molar-refractivity contribution in [1.82, 2.24) is 9.71 Å². The maximum Gasteiger partial charge on any atom is 0.354 e. The lowest BCUT2D eigenvalue weighted by Gasteiger charge is -2.07. The van der Waals surface area contributed by atoms with Crippen molar-refractivity contribution in [3.8, 4) is 0 Å². The summed E-state index contributed by atoms with van der Waals surface area (Å²) in [7, 11) is -3.75. The number of aryl methyl sites for hydroxylation is 1. The zero-order chi connectivity index (χ0) is 18.3. The Kier molecular flexibility index (Phi) is 6.24. The van der Waals surface area contributed by atoms with Crippen LogP contribution in [-0.2, 0) is 16.4 Å². The van der Waals surface area contributed by atoms with E-state index in [0.29, 0.717) is 12.8 Å². The van der Waals surface area contributed by atoms with Crippen LogP contribution >= 0.6 is 0 Å². The Hall–Kier alpha value is -2.74. The lowest BCUT2D eigenvalue weighted by Crippen LogP contribution is -2.32. The molecule has 2 rings (SSSR count). The van der Waals surface area contributed by atoms with E-state index in [2.05, 4.69) is 4.98 Å². The predicted molar refractivity (Wildman–Crippen MR) is 91.8 cm³/mol. The van der Waals surface area contributed by atoms with E-state index in [4.69, 9.17) is 5.11 Å². The summed E-state index contributed by atoms with van der Waals surface area (Å²) in [5, 5.41) is 8.74.